The van der Waals surface area contributed by atoms with E-state index in [-0.39, 0.29) is 79.0 Å². The minimum absolute atomic E-state index is 0. The van der Waals surface area contributed by atoms with Crippen molar-refractivity contribution in [3.8, 4) is 6.07 Å². The lowest BCUT2D eigenvalue weighted by atomic mass is 9.92. The number of pyridine rings is 2. The second-order valence-corrected chi connectivity index (χ2v) is 16.8. The van der Waals surface area contributed by atoms with Crippen LogP contribution in [-0.2, 0) is 31.2 Å². The highest BCUT2D eigenvalue weighted by Gasteiger charge is 2.34. The molecule has 0 bridgehead atoms. The molecule has 5 atom stereocenters. The zero-order valence-electron chi connectivity index (χ0n) is 26.9. The molecule has 0 aliphatic heterocycles. The van der Waals surface area contributed by atoms with Crippen LogP contribution >= 0.6 is 24.8 Å². The highest BCUT2D eigenvalue weighted by molar-refractivity contribution is 7.91. The molecule has 47 heavy (non-hydrogen) atoms. The molecule has 0 spiro atoms. The fourth-order valence-electron chi connectivity index (χ4n) is 6.23. The molecule has 0 radical (unpaired) electrons. The van der Waals surface area contributed by atoms with Gasteiger partial charge in [0, 0.05) is 35.2 Å². The number of rotatable bonds is 16. The summed E-state index contributed by atoms with van der Waals surface area (Å²) < 4.78 is 54.5. The van der Waals surface area contributed by atoms with E-state index < -0.39 is 24.9 Å². The molecule has 256 valence electrons. The van der Waals surface area contributed by atoms with E-state index in [9.17, 15) is 22.1 Å². The van der Waals surface area contributed by atoms with Crippen molar-refractivity contribution in [1.29, 1.82) is 5.26 Å². The number of nitrogens with two attached hydrogens (primary N) is 1. The van der Waals surface area contributed by atoms with Gasteiger partial charge >= 0.3 is 0 Å². The maximum Gasteiger partial charge on any atom is 0.157 e. The molecule has 9 nitrogen and oxygen atoms in total. The van der Waals surface area contributed by atoms with Crippen LogP contribution in [0.3, 0.4) is 0 Å². The van der Waals surface area contributed by atoms with Gasteiger partial charge in [-0.05, 0) is 73.4 Å². The lowest BCUT2D eigenvalue weighted by Gasteiger charge is -2.30. The molecule has 0 fully saturated rings. The van der Waals surface area contributed by atoms with Crippen LogP contribution in [-0.4, -0.2) is 56.4 Å². The first-order valence-electron chi connectivity index (χ1n) is 15.3. The van der Waals surface area contributed by atoms with Crippen molar-refractivity contribution in [2.24, 2.45) is 17.6 Å². The molecule has 2 heterocycles. The Morgan fingerprint density at radius 2 is 1.34 bits per heavy atom. The summed E-state index contributed by atoms with van der Waals surface area (Å²) in [6.45, 7) is 5.64. The summed E-state index contributed by atoms with van der Waals surface area (Å²) in [5, 5.41) is 13.5. The van der Waals surface area contributed by atoms with Crippen LogP contribution in [0.5, 0.6) is 0 Å². The lowest BCUT2D eigenvalue weighted by Crippen LogP contribution is -2.41. The van der Waals surface area contributed by atoms with Crippen LogP contribution < -0.4 is 11.1 Å². The van der Waals surface area contributed by atoms with Gasteiger partial charge in [0.2, 0.25) is 0 Å². The van der Waals surface area contributed by atoms with Gasteiger partial charge in [-0.2, -0.15) is 5.26 Å². The molecule has 2 aromatic heterocycles. The summed E-state index contributed by atoms with van der Waals surface area (Å²) in [5.41, 5.74) is 8.94. The molecule has 0 saturated heterocycles. The Morgan fingerprint density at radius 3 is 1.87 bits per heavy atom. The van der Waals surface area contributed by atoms with Gasteiger partial charge in [0.1, 0.15) is 0 Å². The number of para-hydroxylation sites is 2. The van der Waals surface area contributed by atoms with Crippen LogP contribution in [0.25, 0.3) is 21.8 Å². The van der Waals surface area contributed by atoms with E-state index in [2.05, 4.69) is 21.4 Å². The molecule has 3 N–H and O–H groups in total. The number of benzene rings is 2. The number of hydrogen-bond acceptors (Lipinski definition) is 9. The first-order valence-corrected chi connectivity index (χ1v) is 18.8. The number of halogens is 2. The van der Waals surface area contributed by atoms with Crippen LogP contribution in [0.1, 0.15) is 51.2 Å². The molecular formula is C34H45Cl2N5O4S2. The van der Waals surface area contributed by atoms with Crippen molar-refractivity contribution < 1.29 is 16.8 Å². The van der Waals surface area contributed by atoms with Gasteiger partial charge in [-0.25, -0.2) is 16.8 Å². The molecule has 4 rings (SSSR count). The molecule has 2 aromatic carbocycles. The van der Waals surface area contributed by atoms with E-state index >= 15 is 0 Å². The number of nitriles is 1. The van der Waals surface area contributed by atoms with E-state index in [1.165, 1.54) is 0 Å². The second-order valence-electron chi connectivity index (χ2n) is 12.5. The molecule has 0 aliphatic rings. The Balaban J connectivity index is 0.00000384. The Labute approximate surface area is 291 Å². The van der Waals surface area contributed by atoms with Gasteiger partial charge < -0.3 is 11.1 Å². The summed E-state index contributed by atoms with van der Waals surface area (Å²) in [7, 11) is -7.17. The fraction of sp³-hybridized carbons (Fsp3) is 0.441. The van der Waals surface area contributed by atoms with Crippen LogP contribution in [0.2, 0.25) is 0 Å². The van der Waals surface area contributed by atoms with Crippen molar-refractivity contribution >= 4 is 66.3 Å². The van der Waals surface area contributed by atoms with Crippen molar-refractivity contribution in [1.82, 2.24) is 15.3 Å². The SMILES string of the molecule is CC(N)CC(C)C(CC(CC(C)CS(=O)(=O)Cc1cnc2ccccc2c1)NCC#N)S(=O)(=O)Cc1cnc2ccccc2c1.Cl.Cl. The van der Waals surface area contributed by atoms with Crippen LogP contribution in [0.4, 0.5) is 0 Å². The Hall–Kier alpha value is -2.85. The first kappa shape index (κ1) is 40.3. The van der Waals surface area contributed by atoms with Gasteiger partial charge in [-0.3, -0.25) is 9.97 Å². The number of nitrogens with one attached hydrogen (secondary N) is 1. The van der Waals surface area contributed by atoms with E-state index in [0.717, 1.165) is 21.8 Å². The molecule has 13 heteroatoms. The molecular weight excluding hydrogens is 677 g/mol. The van der Waals surface area contributed by atoms with E-state index in [1.54, 1.807) is 12.4 Å². The Bertz CT molecular complexity index is 1870. The smallest absolute Gasteiger partial charge is 0.157 e. The Morgan fingerprint density at radius 1 is 0.809 bits per heavy atom. The fourth-order valence-corrected chi connectivity index (χ4v) is 10.2. The highest BCUT2D eigenvalue weighted by Crippen LogP contribution is 2.28. The number of fused-ring (bicyclic) bond motifs is 2. The number of sulfone groups is 2. The standard InChI is InChI=1S/C34H43N5O4S2.2ClH/c1-24(21-44(40,41)22-27-16-29-8-4-6-10-32(29)38-19-27)14-31(37-13-12-35)18-34(25(2)15-26(3)36)45(42,43)23-28-17-30-9-5-7-11-33(30)39-20-28;;/h4-11,16-17,19-20,24-26,31,34,37H,13-15,18,21-23,36H2,1-3H3;2*1H. The van der Waals surface area contributed by atoms with Gasteiger partial charge in [0.05, 0.1) is 46.2 Å². The third-order valence-electron chi connectivity index (χ3n) is 8.10. The highest BCUT2D eigenvalue weighted by atomic mass is 35.5. The first-order chi connectivity index (χ1) is 21.3. The lowest BCUT2D eigenvalue weighted by molar-refractivity contribution is 0.356. The zero-order chi connectivity index (χ0) is 32.6. The van der Waals surface area contributed by atoms with Crippen molar-refractivity contribution in [2.45, 2.75) is 68.9 Å². The minimum Gasteiger partial charge on any atom is -0.328 e. The molecule has 4 aromatic rings. The third kappa shape index (κ3) is 12.0. The summed E-state index contributed by atoms with van der Waals surface area (Å²) in [5.74, 6) is -0.910. The largest absolute Gasteiger partial charge is 0.328 e. The van der Waals surface area contributed by atoms with Crippen molar-refractivity contribution in [3.63, 3.8) is 0 Å². The van der Waals surface area contributed by atoms with E-state index in [0.29, 0.717) is 24.0 Å². The predicted octanol–water partition coefficient (Wildman–Crippen LogP) is 5.80. The quantitative estimate of drug-likeness (QED) is 0.137. The summed E-state index contributed by atoms with van der Waals surface area (Å²) >= 11 is 0. The second kappa shape index (κ2) is 18.1. The van der Waals surface area contributed by atoms with Gasteiger partial charge in [-0.1, -0.05) is 50.2 Å². The summed E-state index contributed by atoms with van der Waals surface area (Å²) in [4.78, 5) is 8.83. The van der Waals surface area contributed by atoms with Crippen LogP contribution in [0, 0.1) is 23.2 Å². The minimum atomic E-state index is -3.68. The molecule has 5 unspecified atom stereocenters. The summed E-state index contributed by atoms with van der Waals surface area (Å²) in [6, 6.07) is 20.3. The molecule has 0 amide bonds. The van der Waals surface area contributed by atoms with Gasteiger partial charge in [-0.15, -0.1) is 24.8 Å². The van der Waals surface area contributed by atoms with Crippen molar-refractivity contribution in [3.05, 3.63) is 84.2 Å². The van der Waals surface area contributed by atoms with Crippen molar-refractivity contribution in [2.75, 3.05) is 12.3 Å². The van der Waals surface area contributed by atoms with E-state index in [1.807, 2.05) is 81.4 Å². The molecule has 0 aliphatic carbocycles. The normalized spacial score (nSPS) is 15.0. The maximum absolute atomic E-state index is 14.0. The average Bonchev–Trinajstić information content (AvgIpc) is 2.97. The zero-order valence-corrected chi connectivity index (χ0v) is 30.2. The molecule has 0 saturated carbocycles. The van der Waals surface area contributed by atoms with Crippen LogP contribution in [0.15, 0.2) is 73.1 Å². The summed E-state index contributed by atoms with van der Waals surface area (Å²) in [6.07, 6.45) is 4.34. The van der Waals surface area contributed by atoms with E-state index in [4.69, 9.17) is 5.73 Å². The number of aromatic nitrogens is 2. The third-order valence-corrected chi connectivity index (χ3v) is 12.3. The topological polar surface area (TPSA) is 156 Å². The number of nitrogens with zero attached hydrogens (tertiary/aromatic N) is 3. The Kier molecular flexibility index (Phi) is 15.5. The number of hydrogen-bond donors (Lipinski definition) is 2. The maximum atomic E-state index is 14.0. The monoisotopic (exact) mass is 721 g/mol. The van der Waals surface area contributed by atoms with Gasteiger partial charge in [0.25, 0.3) is 0 Å². The van der Waals surface area contributed by atoms with Gasteiger partial charge in [0.15, 0.2) is 19.7 Å². The predicted molar refractivity (Wildman–Crippen MR) is 195 cm³/mol. The average molecular weight is 723 g/mol.